The number of nitrogens with one attached hydrogen (secondary N) is 1. The van der Waals surface area contributed by atoms with Gasteiger partial charge >= 0.3 is 0 Å². The number of ether oxygens (including phenoxy) is 1. The number of nitrogens with zero attached hydrogens (tertiary/aromatic N) is 2. The van der Waals surface area contributed by atoms with Crippen LogP contribution >= 0.6 is 35.0 Å². The summed E-state index contributed by atoms with van der Waals surface area (Å²) in [4.78, 5) is 28.2. The van der Waals surface area contributed by atoms with Gasteiger partial charge in [-0.2, -0.15) is 5.26 Å². The average Bonchev–Trinajstić information content (AvgIpc) is 3.18. The van der Waals surface area contributed by atoms with Gasteiger partial charge in [0, 0.05) is 21.4 Å². The number of anilines is 2. The van der Waals surface area contributed by atoms with Crippen molar-refractivity contribution in [2.45, 2.75) is 18.6 Å². The summed E-state index contributed by atoms with van der Waals surface area (Å²) in [6, 6.07) is 21.2. The molecule has 0 spiro atoms. The van der Waals surface area contributed by atoms with E-state index < -0.39 is 11.2 Å². The summed E-state index contributed by atoms with van der Waals surface area (Å²) in [5, 5.41) is 13.3. The molecule has 36 heavy (non-hydrogen) atoms. The zero-order valence-corrected chi connectivity index (χ0v) is 21.7. The first-order chi connectivity index (χ1) is 17.3. The molecule has 1 unspecified atom stereocenters. The van der Waals surface area contributed by atoms with Crippen molar-refractivity contribution in [3.63, 3.8) is 0 Å². The maximum atomic E-state index is 13.6. The summed E-state index contributed by atoms with van der Waals surface area (Å²) in [5.74, 6) is -0.242. The van der Waals surface area contributed by atoms with Crippen LogP contribution < -0.4 is 15.0 Å². The van der Waals surface area contributed by atoms with E-state index in [4.69, 9.17) is 27.9 Å². The normalized spacial score (nSPS) is 16.5. The Bertz CT molecular complexity index is 1380. The first-order valence-electron chi connectivity index (χ1n) is 10.9. The van der Waals surface area contributed by atoms with E-state index in [0.717, 1.165) is 22.9 Å². The van der Waals surface area contributed by atoms with Gasteiger partial charge in [0.1, 0.15) is 22.4 Å². The number of carbonyl (C=O) groups excluding carboxylic acids is 2. The van der Waals surface area contributed by atoms with Crippen molar-refractivity contribution < 1.29 is 14.3 Å². The van der Waals surface area contributed by atoms with Gasteiger partial charge in [0.25, 0.3) is 5.91 Å². The van der Waals surface area contributed by atoms with E-state index in [0.29, 0.717) is 33.6 Å². The average molecular weight is 538 g/mol. The Morgan fingerprint density at radius 3 is 2.42 bits per heavy atom. The highest BCUT2D eigenvalue weighted by Crippen LogP contribution is 2.43. The number of carbonyl (C=O) groups is 2. The predicted molar refractivity (Wildman–Crippen MR) is 144 cm³/mol. The molecule has 1 aliphatic rings. The van der Waals surface area contributed by atoms with E-state index in [1.54, 1.807) is 61.7 Å². The molecule has 0 aromatic heterocycles. The monoisotopic (exact) mass is 537 g/mol. The van der Waals surface area contributed by atoms with Crippen LogP contribution in [0.3, 0.4) is 0 Å². The molecule has 1 heterocycles. The van der Waals surface area contributed by atoms with Crippen molar-refractivity contribution in [1.29, 1.82) is 5.26 Å². The molecule has 3 aromatic carbocycles. The molecule has 0 radical (unpaired) electrons. The minimum absolute atomic E-state index is 0.158. The van der Waals surface area contributed by atoms with Crippen LogP contribution in [0.25, 0.3) is 0 Å². The molecular weight excluding hydrogens is 517 g/mol. The lowest BCUT2D eigenvalue weighted by molar-refractivity contribution is -0.117. The zero-order chi connectivity index (χ0) is 25.8. The van der Waals surface area contributed by atoms with Crippen LogP contribution in [-0.4, -0.2) is 24.2 Å². The summed E-state index contributed by atoms with van der Waals surface area (Å²) in [7, 11) is 1.55. The standard InChI is InChI=1S/C27H21Cl2N3O3S/c1-16-3-7-19(8-4-16)31-25(33)22(15-30)27-32(20-9-11-21(35-2)12-10-20)26(34)24(36-27)13-17-5-6-18(28)14-23(17)29/h3-12,14,24H,13H2,1-2H3,(H,31,33)/b27-22-. The molecule has 1 aliphatic heterocycles. The Hall–Kier alpha value is -3.44. The van der Waals surface area contributed by atoms with Crippen molar-refractivity contribution in [2.75, 3.05) is 17.3 Å². The van der Waals surface area contributed by atoms with E-state index in [1.165, 1.54) is 4.90 Å². The third-order valence-corrected chi connectivity index (χ3v) is 7.42. The smallest absolute Gasteiger partial charge is 0.269 e. The van der Waals surface area contributed by atoms with Crippen molar-refractivity contribution in [2.24, 2.45) is 0 Å². The fraction of sp³-hybridized carbons (Fsp3) is 0.148. The van der Waals surface area contributed by atoms with Crippen LogP contribution in [0.15, 0.2) is 77.3 Å². The second kappa shape index (κ2) is 11.1. The van der Waals surface area contributed by atoms with Gasteiger partial charge in [0.2, 0.25) is 5.91 Å². The summed E-state index contributed by atoms with van der Waals surface area (Å²) >= 11 is 13.5. The highest BCUT2D eigenvalue weighted by molar-refractivity contribution is 8.05. The SMILES string of the molecule is COc1ccc(N2C(=O)C(Cc3ccc(Cl)cc3Cl)S/C2=C(/C#N)C(=O)Nc2ccc(C)cc2)cc1. The van der Waals surface area contributed by atoms with E-state index >= 15 is 0 Å². The van der Waals surface area contributed by atoms with Crippen LogP contribution in [0.2, 0.25) is 10.0 Å². The second-order valence-electron chi connectivity index (χ2n) is 8.03. The lowest BCUT2D eigenvalue weighted by Gasteiger charge is -2.19. The largest absolute Gasteiger partial charge is 0.497 e. The van der Waals surface area contributed by atoms with Gasteiger partial charge in [-0.3, -0.25) is 14.5 Å². The molecule has 6 nitrogen and oxygen atoms in total. The maximum Gasteiger partial charge on any atom is 0.269 e. The first-order valence-corrected chi connectivity index (χ1v) is 12.5. The maximum absolute atomic E-state index is 13.6. The number of rotatable bonds is 6. The first kappa shape index (κ1) is 25.6. The molecule has 1 atom stereocenters. The number of amides is 2. The second-order valence-corrected chi connectivity index (χ2v) is 10.1. The Morgan fingerprint density at radius 2 is 1.81 bits per heavy atom. The lowest BCUT2D eigenvalue weighted by Crippen LogP contribution is -2.31. The van der Waals surface area contributed by atoms with Gasteiger partial charge in [-0.05, 0) is 67.4 Å². The third kappa shape index (κ3) is 5.52. The molecular formula is C27H21Cl2N3O3S. The fourth-order valence-corrected chi connectivity index (χ4v) is 5.45. The van der Waals surface area contributed by atoms with Crippen LogP contribution in [0.4, 0.5) is 11.4 Å². The summed E-state index contributed by atoms with van der Waals surface area (Å²) in [6.45, 7) is 1.94. The fourth-order valence-electron chi connectivity index (χ4n) is 3.67. The van der Waals surface area contributed by atoms with Crippen LogP contribution in [-0.2, 0) is 16.0 Å². The Kier molecular flexibility index (Phi) is 7.90. The quantitative estimate of drug-likeness (QED) is 0.291. The predicted octanol–water partition coefficient (Wildman–Crippen LogP) is 6.38. The lowest BCUT2D eigenvalue weighted by atomic mass is 10.1. The third-order valence-electron chi connectivity index (χ3n) is 5.57. The zero-order valence-electron chi connectivity index (χ0n) is 19.4. The molecule has 3 aromatic rings. The topological polar surface area (TPSA) is 82.4 Å². The van der Waals surface area contributed by atoms with Crippen LogP contribution in [0, 0.1) is 18.3 Å². The molecule has 1 fully saturated rings. The number of nitriles is 1. The highest BCUT2D eigenvalue weighted by Gasteiger charge is 2.41. The van der Waals surface area contributed by atoms with Gasteiger partial charge in [0.15, 0.2) is 0 Å². The highest BCUT2D eigenvalue weighted by atomic mass is 35.5. The van der Waals surface area contributed by atoms with E-state index in [2.05, 4.69) is 5.32 Å². The number of methoxy groups -OCH3 is 1. The summed E-state index contributed by atoms with van der Waals surface area (Å²) in [5.41, 5.74) is 2.69. The minimum Gasteiger partial charge on any atom is -0.497 e. The van der Waals surface area contributed by atoms with Gasteiger partial charge in [-0.1, -0.05) is 58.7 Å². The molecule has 0 saturated carbocycles. The van der Waals surface area contributed by atoms with Gasteiger partial charge in [0.05, 0.1) is 12.4 Å². The van der Waals surface area contributed by atoms with Crippen LogP contribution in [0.1, 0.15) is 11.1 Å². The minimum atomic E-state index is -0.601. The number of benzene rings is 3. The van der Waals surface area contributed by atoms with Gasteiger partial charge < -0.3 is 10.1 Å². The van der Waals surface area contributed by atoms with Crippen molar-refractivity contribution in [1.82, 2.24) is 0 Å². The number of hydrogen-bond donors (Lipinski definition) is 1. The number of thioether (sulfide) groups is 1. The van der Waals surface area contributed by atoms with Gasteiger partial charge in [-0.15, -0.1) is 0 Å². The Balaban J connectivity index is 1.73. The van der Waals surface area contributed by atoms with Gasteiger partial charge in [-0.25, -0.2) is 0 Å². The molecule has 0 aliphatic carbocycles. The summed E-state index contributed by atoms with van der Waals surface area (Å²) < 4.78 is 5.23. The molecule has 0 bridgehead atoms. The van der Waals surface area contributed by atoms with E-state index in [9.17, 15) is 14.9 Å². The van der Waals surface area contributed by atoms with Crippen molar-refractivity contribution in [3.05, 3.63) is 98.5 Å². The number of aryl methyl sites for hydroxylation is 1. The molecule has 4 rings (SSSR count). The molecule has 9 heteroatoms. The number of halogens is 2. The van der Waals surface area contributed by atoms with E-state index in [1.807, 2.05) is 25.1 Å². The van der Waals surface area contributed by atoms with E-state index in [-0.39, 0.29) is 16.5 Å². The molecule has 1 saturated heterocycles. The van der Waals surface area contributed by atoms with Crippen molar-refractivity contribution in [3.8, 4) is 11.8 Å². The Morgan fingerprint density at radius 1 is 1.11 bits per heavy atom. The van der Waals surface area contributed by atoms with Crippen molar-refractivity contribution >= 4 is 58.2 Å². The molecule has 182 valence electrons. The van der Waals surface area contributed by atoms with Crippen LogP contribution in [0.5, 0.6) is 5.75 Å². The Labute approximate surface area is 223 Å². The molecule has 1 N–H and O–H groups in total. The molecule has 2 amide bonds. The summed E-state index contributed by atoms with van der Waals surface area (Å²) in [6.07, 6.45) is 0.300. The number of hydrogen-bond acceptors (Lipinski definition) is 5.